The van der Waals surface area contributed by atoms with Crippen LogP contribution in [0.4, 0.5) is 28.9 Å². The molecule has 0 bridgehead atoms. The largest absolute Gasteiger partial charge is 0.417 e. The van der Waals surface area contributed by atoms with Crippen molar-refractivity contribution in [1.82, 2.24) is 4.98 Å². The lowest BCUT2D eigenvalue weighted by atomic mass is 10.0. The summed E-state index contributed by atoms with van der Waals surface area (Å²) in [5.41, 5.74) is 0.201. The standard InChI is InChI=1S/C28H20ClF4N3O3/c29-24-3-1-17(13-23(24)28(31,32)33)27(38)35-21-11-19(10-20(30)14-21)26(37)16-2-4-25-18(9-16)12-22(15-34-25)36-5-7-39-8-6-36/h1-4,9-15H,5-8H2,(H,35,38). The zero-order valence-electron chi connectivity index (χ0n) is 20.2. The third-order valence-corrected chi connectivity index (χ3v) is 6.59. The molecule has 3 aromatic carbocycles. The van der Waals surface area contributed by atoms with Gasteiger partial charge in [-0.15, -0.1) is 0 Å². The monoisotopic (exact) mass is 557 g/mol. The van der Waals surface area contributed by atoms with Gasteiger partial charge in [0.05, 0.1) is 41.2 Å². The van der Waals surface area contributed by atoms with Gasteiger partial charge in [0.25, 0.3) is 5.91 Å². The average Bonchev–Trinajstić information content (AvgIpc) is 2.91. The number of hydrogen-bond acceptors (Lipinski definition) is 5. The number of morpholine rings is 1. The van der Waals surface area contributed by atoms with Crippen LogP contribution in [-0.4, -0.2) is 43.0 Å². The summed E-state index contributed by atoms with van der Waals surface area (Å²) in [6, 6.07) is 12.8. The number of ketones is 1. The quantitative estimate of drug-likeness (QED) is 0.228. The molecule has 1 amide bonds. The molecule has 0 unspecified atom stereocenters. The Bertz CT molecular complexity index is 1590. The molecule has 5 rings (SSSR count). The fraction of sp³-hybridized carbons (Fsp3) is 0.179. The summed E-state index contributed by atoms with van der Waals surface area (Å²) < 4.78 is 59.4. The molecule has 1 fully saturated rings. The molecule has 1 saturated heterocycles. The Morgan fingerprint density at radius 2 is 1.67 bits per heavy atom. The van der Waals surface area contributed by atoms with E-state index in [2.05, 4.69) is 15.2 Å². The van der Waals surface area contributed by atoms with Crippen LogP contribution >= 0.6 is 11.6 Å². The number of ether oxygens (including phenoxy) is 1. The highest BCUT2D eigenvalue weighted by Gasteiger charge is 2.34. The molecule has 6 nitrogen and oxygen atoms in total. The van der Waals surface area contributed by atoms with E-state index in [0.29, 0.717) is 24.8 Å². The highest BCUT2D eigenvalue weighted by Crippen LogP contribution is 2.35. The summed E-state index contributed by atoms with van der Waals surface area (Å²) in [6.45, 7) is 2.65. The zero-order valence-corrected chi connectivity index (χ0v) is 20.9. The molecule has 1 N–H and O–H groups in total. The number of rotatable bonds is 5. The molecule has 0 radical (unpaired) electrons. The molecule has 0 spiro atoms. The van der Waals surface area contributed by atoms with Crippen molar-refractivity contribution in [2.24, 2.45) is 0 Å². The summed E-state index contributed by atoms with van der Waals surface area (Å²) in [6.07, 6.45) is -3.00. The first-order valence-corrected chi connectivity index (χ1v) is 12.2. The van der Waals surface area contributed by atoms with Crippen LogP contribution in [0.25, 0.3) is 10.9 Å². The van der Waals surface area contributed by atoms with Crippen molar-refractivity contribution >= 4 is 45.6 Å². The first kappa shape index (κ1) is 26.6. The molecule has 0 saturated carbocycles. The number of alkyl halides is 3. The van der Waals surface area contributed by atoms with Crippen LogP contribution in [0.2, 0.25) is 5.02 Å². The lowest BCUT2D eigenvalue weighted by Crippen LogP contribution is -2.36. The molecule has 1 aliphatic rings. The molecule has 1 aromatic heterocycles. The Balaban J connectivity index is 1.40. The first-order valence-electron chi connectivity index (χ1n) is 11.8. The van der Waals surface area contributed by atoms with Crippen LogP contribution in [0.5, 0.6) is 0 Å². The average molecular weight is 558 g/mol. The van der Waals surface area contributed by atoms with Crippen molar-refractivity contribution in [3.63, 3.8) is 0 Å². The Morgan fingerprint density at radius 3 is 2.41 bits per heavy atom. The van der Waals surface area contributed by atoms with E-state index in [1.54, 1.807) is 24.4 Å². The van der Waals surface area contributed by atoms with Gasteiger partial charge in [-0.25, -0.2) is 4.39 Å². The van der Waals surface area contributed by atoms with Crippen molar-refractivity contribution < 1.29 is 31.9 Å². The molecule has 2 heterocycles. The van der Waals surface area contributed by atoms with Gasteiger partial charge in [0, 0.05) is 40.9 Å². The highest BCUT2D eigenvalue weighted by atomic mass is 35.5. The number of nitrogens with zero attached hydrogens (tertiary/aromatic N) is 2. The van der Waals surface area contributed by atoms with E-state index < -0.39 is 34.3 Å². The first-order chi connectivity index (χ1) is 18.6. The van der Waals surface area contributed by atoms with Crippen molar-refractivity contribution in [3.8, 4) is 0 Å². The minimum absolute atomic E-state index is 0.0472. The number of pyridine rings is 1. The third-order valence-electron chi connectivity index (χ3n) is 6.26. The minimum atomic E-state index is -4.76. The summed E-state index contributed by atoms with van der Waals surface area (Å²) in [4.78, 5) is 32.5. The fourth-order valence-electron chi connectivity index (χ4n) is 4.30. The smallest absolute Gasteiger partial charge is 0.378 e. The van der Waals surface area contributed by atoms with Crippen LogP contribution in [0, 0.1) is 5.82 Å². The molecule has 11 heteroatoms. The Kier molecular flexibility index (Phi) is 7.24. The van der Waals surface area contributed by atoms with E-state index in [1.165, 1.54) is 6.07 Å². The van der Waals surface area contributed by atoms with Gasteiger partial charge in [0.15, 0.2) is 5.78 Å². The molecule has 0 aliphatic carbocycles. The van der Waals surface area contributed by atoms with Crippen LogP contribution in [-0.2, 0) is 10.9 Å². The molecule has 200 valence electrons. The van der Waals surface area contributed by atoms with Crippen LogP contribution < -0.4 is 10.2 Å². The maximum Gasteiger partial charge on any atom is 0.417 e. The Labute approximate surface area is 225 Å². The van der Waals surface area contributed by atoms with Gasteiger partial charge in [-0.05, 0) is 60.7 Å². The van der Waals surface area contributed by atoms with Gasteiger partial charge >= 0.3 is 6.18 Å². The minimum Gasteiger partial charge on any atom is -0.378 e. The van der Waals surface area contributed by atoms with Crippen molar-refractivity contribution in [2.45, 2.75) is 6.18 Å². The Morgan fingerprint density at radius 1 is 0.923 bits per heavy atom. The van der Waals surface area contributed by atoms with Gasteiger partial charge in [0.1, 0.15) is 5.82 Å². The SMILES string of the molecule is O=C(Nc1cc(F)cc(C(=O)c2ccc3ncc(N4CCOCC4)cc3c2)c1)c1ccc(Cl)c(C(F)(F)F)c1. The number of benzene rings is 3. The number of carbonyl (C=O) groups is 2. The van der Waals surface area contributed by atoms with Gasteiger partial charge in [0.2, 0.25) is 0 Å². The maximum absolute atomic E-state index is 14.4. The van der Waals surface area contributed by atoms with Gasteiger partial charge < -0.3 is 15.0 Å². The number of carbonyl (C=O) groups excluding carboxylic acids is 2. The van der Waals surface area contributed by atoms with E-state index in [-0.39, 0.29) is 22.4 Å². The summed E-state index contributed by atoms with van der Waals surface area (Å²) in [5.74, 6) is -2.23. The van der Waals surface area contributed by atoms with E-state index in [0.717, 1.165) is 48.4 Å². The molecule has 39 heavy (non-hydrogen) atoms. The number of fused-ring (bicyclic) bond motifs is 1. The van der Waals surface area contributed by atoms with Gasteiger partial charge in [-0.2, -0.15) is 13.2 Å². The topological polar surface area (TPSA) is 71.5 Å². The zero-order chi connectivity index (χ0) is 27.7. The van der Waals surface area contributed by atoms with Crippen LogP contribution in [0.15, 0.2) is 66.9 Å². The normalized spacial score (nSPS) is 13.9. The number of anilines is 2. The van der Waals surface area contributed by atoms with Crippen molar-refractivity contribution in [2.75, 3.05) is 36.5 Å². The Hall–Kier alpha value is -4.02. The van der Waals surface area contributed by atoms with E-state index in [9.17, 15) is 27.2 Å². The summed E-state index contributed by atoms with van der Waals surface area (Å²) in [7, 11) is 0. The van der Waals surface area contributed by atoms with Gasteiger partial charge in [-0.3, -0.25) is 14.6 Å². The molecular formula is C28H20ClF4N3O3. The second kappa shape index (κ2) is 10.6. The van der Waals surface area contributed by atoms with Crippen LogP contribution in [0.1, 0.15) is 31.8 Å². The lowest BCUT2D eigenvalue weighted by molar-refractivity contribution is -0.137. The third kappa shape index (κ3) is 5.86. The molecular weight excluding hydrogens is 538 g/mol. The molecule has 0 atom stereocenters. The predicted octanol–water partition coefficient (Wildman–Crippen LogP) is 6.37. The van der Waals surface area contributed by atoms with Crippen LogP contribution in [0.3, 0.4) is 0 Å². The maximum atomic E-state index is 14.4. The summed E-state index contributed by atoms with van der Waals surface area (Å²) in [5, 5.41) is 2.52. The highest BCUT2D eigenvalue weighted by molar-refractivity contribution is 6.31. The summed E-state index contributed by atoms with van der Waals surface area (Å²) >= 11 is 5.61. The van der Waals surface area contributed by atoms with E-state index in [4.69, 9.17) is 16.3 Å². The van der Waals surface area contributed by atoms with E-state index >= 15 is 0 Å². The molecule has 4 aromatic rings. The number of aromatic nitrogens is 1. The number of halogens is 5. The number of nitrogens with one attached hydrogen (secondary N) is 1. The predicted molar refractivity (Wildman–Crippen MR) is 139 cm³/mol. The van der Waals surface area contributed by atoms with Crippen molar-refractivity contribution in [3.05, 3.63) is 100.0 Å². The lowest BCUT2D eigenvalue weighted by Gasteiger charge is -2.28. The van der Waals surface area contributed by atoms with Crippen molar-refractivity contribution in [1.29, 1.82) is 0 Å². The second-order valence-electron chi connectivity index (χ2n) is 8.90. The second-order valence-corrected chi connectivity index (χ2v) is 9.31. The van der Waals surface area contributed by atoms with Gasteiger partial charge in [-0.1, -0.05) is 11.6 Å². The number of amides is 1. The van der Waals surface area contributed by atoms with E-state index in [1.807, 2.05) is 6.07 Å². The molecule has 1 aliphatic heterocycles. The fourth-order valence-corrected chi connectivity index (χ4v) is 4.53. The number of hydrogen-bond donors (Lipinski definition) is 1.